The van der Waals surface area contributed by atoms with E-state index >= 15 is 0 Å². The van der Waals surface area contributed by atoms with Crippen LogP contribution in [0.1, 0.15) is 18.4 Å². The van der Waals surface area contributed by atoms with Crippen molar-refractivity contribution >= 4 is 11.0 Å². The first kappa shape index (κ1) is 22.6. The Labute approximate surface area is 202 Å². The molecule has 5 rings (SSSR count). The SMILES string of the molecule is COc1ccc(-c2nc3ccc(-c4ccc(CN5CCC(N(C)C)CC5)cc4)cc3n2C)cc1. The number of fused-ring (bicyclic) bond motifs is 1. The molecular weight excluding hydrogens is 420 g/mol. The van der Waals surface area contributed by atoms with Gasteiger partial charge in [0.25, 0.3) is 0 Å². The van der Waals surface area contributed by atoms with Gasteiger partial charge in [0.05, 0.1) is 18.1 Å². The van der Waals surface area contributed by atoms with E-state index in [-0.39, 0.29) is 0 Å². The van der Waals surface area contributed by atoms with Crippen molar-refractivity contribution in [2.45, 2.75) is 25.4 Å². The quantitative estimate of drug-likeness (QED) is 0.388. The average molecular weight is 455 g/mol. The molecule has 0 aliphatic carbocycles. The maximum Gasteiger partial charge on any atom is 0.140 e. The van der Waals surface area contributed by atoms with Crippen LogP contribution in [0.4, 0.5) is 0 Å². The summed E-state index contributed by atoms with van der Waals surface area (Å²) in [5.74, 6) is 1.81. The zero-order valence-electron chi connectivity index (χ0n) is 20.7. The largest absolute Gasteiger partial charge is 0.497 e. The highest BCUT2D eigenvalue weighted by Gasteiger charge is 2.20. The molecule has 0 N–H and O–H groups in total. The van der Waals surface area contributed by atoms with Crippen molar-refractivity contribution in [3.63, 3.8) is 0 Å². The van der Waals surface area contributed by atoms with Gasteiger partial charge >= 0.3 is 0 Å². The molecule has 1 aliphatic heterocycles. The van der Waals surface area contributed by atoms with Crippen LogP contribution in [0.2, 0.25) is 0 Å². The number of hydrogen-bond acceptors (Lipinski definition) is 4. The van der Waals surface area contributed by atoms with E-state index < -0.39 is 0 Å². The molecule has 34 heavy (non-hydrogen) atoms. The summed E-state index contributed by atoms with van der Waals surface area (Å²) >= 11 is 0. The Hall–Kier alpha value is -3.15. The van der Waals surface area contributed by atoms with E-state index in [1.165, 1.54) is 42.6 Å². The van der Waals surface area contributed by atoms with E-state index in [0.29, 0.717) is 0 Å². The minimum Gasteiger partial charge on any atom is -0.497 e. The van der Waals surface area contributed by atoms with Crippen molar-refractivity contribution in [3.8, 4) is 28.3 Å². The van der Waals surface area contributed by atoms with Gasteiger partial charge in [0.15, 0.2) is 0 Å². The summed E-state index contributed by atoms with van der Waals surface area (Å²) in [5, 5.41) is 0. The highest BCUT2D eigenvalue weighted by Crippen LogP contribution is 2.29. The van der Waals surface area contributed by atoms with Crippen LogP contribution in [0, 0.1) is 0 Å². The molecule has 2 heterocycles. The molecule has 176 valence electrons. The van der Waals surface area contributed by atoms with Crippen molar-refractivity contribution in [1.82, 2.24) is 19.4 Å². The van der Waals surface area contributed by atoms with Gasteiger partial charge in [-0.05, 0) is 93.1 Å². The Morgan fingerprint density at radius 3 is 2.18 bits per heavy atom. The van der Waals surface area contributed by atoms with E-state index in [4.69, 9.17) is 9.72 Å². The standard InChI is InChI=1S/C29H34N4O/c1-31(2)25-15-17-33(18-16-25)20-21-5-7-22(8-6-21)24-11-14-27-28(19-24)32(3)29(30-27)23-9-12-26(34-4)13-10-23/h5-14,19,25H,15-18,20H2,1-4H3. The van der Waals surface area contributed by atoms with Gasteiger partial charge in [0, 0.05) is 25.2 Å². The molecule has 4 aromatic rings. The van der Waals surface area contributed by atoms with Crippen molar-refractivity contribution in [2.24, 2.45) is 7.05 Å². The normalized spacial score (nSPS) is 15.3. The monoisotopic (exact) mass is 454 g/mol. The molecule has 0 radical (unpaired) electrons. The highest BCUT2D eigenvalue weighted by atomic mass is 16.5. The average Bonchev–Trinajstić information content (AvgIpc) is 3.20. The third-order valence-electron chi connectivity index (χ3n) is 7.21. The molecule has 0 saturated carbocycles. The number of aromatic nitrogens is 2. The number of nitrogens with zero attached hydrogens (tertiary/aromatic N) is 4. The van der Waals surface area contributed by atoms with Crippen LogP contribution in [0.15, 0.2) is 66.7 Å². The molecule has 1 saturated heterocycles. The molecule has 5 heteroatoms. The lowest BCUT2D eigenvalue weighted by molar-refractivity contribution is 0.140. The fourth-order valence-corrected chi connectivity index (χ4v) is 5.02. The Morgan fingerprint density at radius 1 is 0.882 bits per heavy atom. The summed E-state index contributed by atoms with van der Waals surface area (Å²) < 4.78 is 7.46. The van der Waals surface area contributed by atoms with Gasteiger partial charge in [-0.15, -0.1) is 0 Å². The van der Waals surface area contributed by atoms with Gasteiger partial charge in [-0.2, -0.15) is 0 Å². The Bertz CT molecular complexity index is 1250. The summed E-state index contributed by atoms with van der Waals surface area (Å²) in [6, 6.07) is 24.4. The molecule has 0 unspecified atom stereocenters. The molecule has 0 spiro atoms. The molecule has 1 aromatic heterocycles. The van der Waals surface area contributed by atoms with Gasteiger partial charge in [-0.3, -0.25) is 4.90 Å². The third kappa shape index (κ3) is 4.59. The minimum atomic E-state index is 0.728. The van der Waals surface area contributed by atoms with Crippen molar-refractivity contribution < 1.29 is 4.74 Å². The minimum absolute atomic E-state index is 0.728. The first-order valence-electron chi connectivity index (χ1n) is 12.1. The van der Waals surface area contributed by atoms with E-state index in [9.17, 15) is 0 Å². The van der Waals surface area contributed by atoms with Crippen LogP contribution in [-0.4, -0.2) is 59.7 Å². The Kier molecular flexibility index (Phi) is 6.40. The number of benzene rings is 3. The fraction of sp³-hybridized carbons (Fsp3) is 0.345. The van der Waals surface area contributed by atoms with Crippen LogP contribution < -0.4 is 4.74 Å². The zero-order chi connectivity index (χ0) is 23.7. The highest BCUT2D eigenvalue weighted by molar-refractivity contribution is 5.85. The van der Waals surface area contributed by atoms with Gasteiger partial charge in [-0.25, -0.2) is 4.98 Å². The van der Waals surface area contributed by atoms with Crippen LogP contribution in [0.3, 0.4) is 0 Å². The second-order valence-electron chi connectivity index (χ2n) is 9.59. The summed E-state index contributed by atoms with van der Waals surface area (Å²) in [6.45, 7) is 3.39. The topological polar surface area (TPSA) is 33.5 Å². The summed E-state index contributed by atoms with van der Waals surface area (Å²) in [5.41, 5.74) is 7.07. The van der Waals surface area contributed by atoms with Crippen molar-refractivity contribution in [3.05, 3.63) is 72.3 Å². The van der Waals surface area contributed by atoms with Crippen LogP contribution in [0.25, 0.3) is 33.5 Å². The summed E-state index contributed by atoms with van der Waals surface area (Å²) in [6.07, 6.45) is 2.52. The Balaban J connectivity index is 1.32. The molecular formula is C29H34N4O. The molecule has 1 aliphatic rings. The number of rotatable bonds is 6. The Morgan fingerprint density at radius 2 is 1.53 bits per heavy atom. The second kappa shape index (κ2) is 9.61. The summed E-state index contributed by atoms with van der Waals surface area (Å²) in [4.78, 5) is 9.83. The first-order valence-corrected chi connectivity index (χ1v) is 12.1. The van der Waals surface area contributed by atoms with Crippen LogP contribution in [-0.2, 0) is 13.6 Å². The third-order valence-corrected chi connectivity index (χ3v) is 7.21. The number of imidazole rings is 1. The molecule has 1 fully saturated rings. The molecule has 0 atom stereocenters. The van der Waals surface area contributed by atoms with E-state index in [1.54, 1.807) is 7.11 Å². The number of aryl methyl sites for hydroxylation is 1. The molecule has 0 amide bonds. The second-order valence-corrected chi connectivity index (χ2v) is 9.59. The van der Waals surface area contributed by atoms with Gasteiger partial charge < -0.3 is 14.2 Å². The van der Waals surface area contributed by atoms with Gasteiger partial charge in [-0.1, -0.05) is 30.3 Å². The van der Waals surface area contributed by atoms with E-state index in [2.05, 4.69) is 90.1 Å². The molecule has 5 nitrogen and oxygen atoms in total. The number of likely N-dealkylation sites (tertiary alicyclic amines) is 1. The molecule has 0 bridgehead atoms. The predicted molar refractivity (Wildman–Crippen MR) is 140 cm³/mol. The van der Waals surface area contributed by atoms with Crippen molar-refractivity contribution in [2.75, 3.05) is 34.3 Å². The van der Waals surface area contributed by atoms with Crippen molar-refractivity contribution in [1.29, 1.82) is 0 Å². The number of ether oxygens (including phenoxy) is 1. The summed E-state index contributed by atoms with van der Waals surface area (Å²) in [7, 11) is 8.16. The number of hydrogen-bond donors (Lipinski definition) is 0. The lowest BCUT2D eigenvalue weighted by Crippen LogP contribution is -2.41. The fourth-order valence-electron chi connectivity index (χ4n) is 5.02. The predicted octanol–water partition coefficient (Wildman–Crippen LogP) is 5.44. The number of piperidine rings is 1. The van der Waals surface area contributed by atoms with E-state index in [1.807, 2.05) is 12.1 Å². The smallest absolute Gasteiger partial charge is 0.140 e. The van der Waals surface area contributed by atoms with Crippen LogP contribution in [0.5, 0.6) is 5.75 Å². The van der Waals surface area contributed by atoms with Gasteiger partial charge in [0.1, 0.15) is 11.6 Å². The maximum absolute atomic E-state index is 5.29. The first-order chi connectivity index (χ1) is 16.5. The lowest BCUT2D eigenvalue weighted by Gasteiger charge is -2.35. The zero-order valence-corrected chi connectivity index (χ0v) is 20.7. The van der Waals surface area contributed by atoms with E-state index in [0.717, 1.165) is 40.8 Å². The van der Waals surface area contributed by atoms with Gasteiger partial charge in [0.2, 0.25) is 0 Å². The van der Waals surface area contributed by atoms with Crippen LogP contribution >= 0.6 is 0 Å². The lowest BCUT2D eigenvalue weighted by atomic mass is 10.0. The number of methoxy groups -OCH3 is 1. The molecule has 3 aromatic carbocycles. The maximum atomic E-state index is 5.29.